The Hall–Kier alpha value is -2.44. The Morgan fingerprint density at radius 2 is 2.30 bits per heavy atom. The molecule has 1 aromatic carbocycles. The number of halogens is 1. The summed E-state index contributed by atoms with van der Waals surface area (Å²) in [4.78, 5) is 18.8. The Balaban J connectivity index is 1.53. The van der Waals surface area contributed by atoms with E-state index in [-0.39, 0.29) is 17.8 Å². The lowest BCUT2D eigenvalue weighted by atomic mass is 10.1. The number of likely N-dealkylation sites (tertiary alicyclic amines) is 1. The molecule has 1 amide bonds. The number of benzene rings is 1. The highest BCUT2D eigenvalue weighted by molar-refractivity contribution is 5.83. The SMILES string of the molecule is Cc1nc(C2CCCN2C(=O)C2Cc3cc(F)ccc3O2)no1. The molecule has 0 aliphatic carbocycles. The van der Waals surface area contributed by atoms with Gasteiger partial charge in [-0.15, -0.1) is 0 Å². The van der Waals surface area contributed by atoms with Crippen LogP contribution in [0.25, 0.3) is 0 Å². The molecule has 1 saturated heterocycles. The first-order chi connectivity index (χ1) is 11.1. The largest absolute Gasteiger partial charge is 0.480 e. The molecule has 0 radical (unpaired) electrons. The fourth-order valence-electron chi connectivity index (χ4n) is 3.29. The summed E-state index contributed by atoms with van der Waals surface area (Å²) < 4.78 is 24.0. The number of ether oxygens (including phenoxy) is 1. The number of amides is 1. The molecule has 23 heavy (non-hydrogen) atoms. The molecular weight excluding hydrogens is 301 g/mol. The molecule has 0 spiro atoms. The summed E-state index contributed by atoms with van der Waals surface area (Å²) in [5.74, 6) is 1.18. The van der Waals surface area contributed by atoms with Crippen LogP contribution in [-0.4, -0.2) is 33.6 Å². The number of fused-ring (bicyclic) bond motifs is 1. The van der Waals surface area contributed by atoms with Crippen molar-refractivity contribution in [3.8, 4) is 5.75 Å². The molecule has 2 aliphatic rings. The maximum Gasteiger partial charge on any atom is 0.264 e. The zero-order chi connectivity index (χ0) is 16.0. The van der Waals surface area contributed by atoms with E-state index in [0.29, 0.717) is 30.4 Å². The molecule has 6 nitrogen and oxygen atoms in total. The third-order valence-electron chi connectivity index (χ3n) is 4.35. The van der Waals surface area contributed by atoms with Crippen molar-refractivity contribution in [3.63, 3.8) is 0 Å². The van der Waals surface area contributed by atoms with E-state index >= 15 is 0 Å². The zero-order valence-corrected chi connectivity index (χ0v) is 12.7. The molecule has 0 saturated carbocycles. The minimum atomic E-state index is -0.611. The number of hydrogen-bond donors (Lipinski definition) is 0. The highest BCUT2D eigenvalue weighted by Crippen LogP contribution is 2.34. The summed E-state index contributed by atoms with van der Waals surface area (Å²) in [5.41, 5.74) is 0.731. The van der Waals surface area contributed by atoms with Gasteiger partial charge in [-0.05, 0) is 31.0 Å². The lowest BCUT2D eigenvalue weighted by Crippen LogP contribution is -2.41. The van der Waals surface area contributed by atoms with E-state index in [1.807, 2.05) is 0 Å². The Kier molecular flexibility index (Phi) is 3.28. The van der Waals surface area contributed by atoms with Crippen LogP contribution in [0.1, 0.15) is 36.2 Å². The van der Waals surface area contributed by atoms with Gasteiger partial charge >= 0.3 is 0 Å². The van der Waals surface area contributed by atoms with E-state index in [9.17, 15) is 9.18 Å². The number of nitrogens with zero attached hydrogens (tertiary/aromatic N) is 3. The lowest BCUT2D eigenvalue weighted by Gasteiger charge is -2.25. The van der Waals surface area contributed by atoms with Crippen LogP contribution in [0.5, 0.6) is 5.75 Å². The summed E-state index contributed by atoms with van der Waals surface area (Å²) in [6.07, 6.45) is 1.47. The van der Waals surface area contributed by atoms with Crippen molar-refractivity contribution >= 4 is 5.91 Å². The molecule has 0 bridgehead atoms. The third kappa shape index (κ3) is 2.46. The van der Waals surface area contributed by atoms with Crippen LogP contribution in [0.3, 0.4) is 0 Å². The Morgan fingerprint density at radius 3 is 3.09 bits per heavy atom. The van der Waals surface area contributed by atoms with Gasteiger partial charge in [0.15, 0.2) is 11.9 Å². The highest BCUT2D eigenvalue weighted by atomic mass is 19.1. The van der Waals surface area contributed by atoms with Gasteiger partial charge in [0.25, 0.3) is 5.91 Å². The van der Waals surface area contributed by atoms with Crippen molar-refractivity contribution in [1.29, 1.82) is 0 Å². The molecule has 1 fully saturated rings. The predicted molar refractivity (Wildman–Crippen MR) is 77.2 cm³/mol. The van der Waals surface area contributed by atoms with Crippen LogP contribution in [0, 0.1) is 12.7 Å². The zero-order valence-electron chi connectivity index (χ0n) is 12.7. The van der Waals surface area contributed by atoms with Crippen LogP contribution in [-0.2, 0) is 11.2 Å². The van der Waals surface area contributed by atoms with Crippen LogP contribution >= 0.6 is 0 Å². The maximum atomic E-state index is 13.3. The predicted octanol–water partition coefficient (Wildman–Crippen LogP) is 2.18. The Morgan fingerprint density at radius 1 is 1.43 bits per heavy atom. The molecule has 2 aromatic rings. The van der Waals surface area contributed by atoms with Crippen LogP contribution in [0.15, 0.2) is 22.7 Å². The van der Waals surface area contributed by atoms with Crippen molar-refractivity contribution < 1.29 is 18.4 Å². The van der Waals surface area contributed by atoms with Crippen molar-refractivity contribution in [1.82, 2.24) is 15.0 Å². The fourth-order valence-corrected chi connectivity index (χ4v) is 3.29. The summed E-state index contributed by atoms with van der Waals surface area (Å²) in [6, 6.07) is 4.16. The molecule has 4 rings (SSSR count). The fraction of sp³-hybridized carbons (Fsp3) is 0.438. The first-order valence-electron chi connectivity index (χ1n) is 7.67. The molecular formula is C16H16FN3O3. The Labute approximate surface area is 132 Å². The van der Waals surface area contributed by atoms with E-state index in [0.717, 1.165) is 18.4 Å². The smallest absolute Gasteiger partial charge is 0.264 e. The molecule has 2 aliphatic heterocycles. The number of carbonyl (C=O) groups is 1. The van der Waals surface area contributed by atoms with Gasteiger partial charge in [-0.1, -0.05) is 5.16 Å². The second-order valence-electron chi connectivity index (χ2n) is 5.92. The van der Waals surface area contributed by atoms with E-state index in [4.69, 9.17) is 9.26 Å². The standard InChI is InChI=1S/C16H16FN3O3/c1-9-18-15(19-23-9)12-3-2-6-20(12)16(21)14-8-10-7-11(17)4-5-13(10)22-14/h4-5,7,12,14H,2-3,6,8H2,1H3. The van der Waals surface area contributed by atoms with Gasteiger partial charge in [0.05, 0.1) is 6.04 Å². The molecule has 120 valence electrons. The quantitative estimate of drug-likeness (QED) is 0.849. The third-order valence-corrected chi connectivity index (χ3v) is 4.35. The van der Waals surface area contributed by atoms with Crippen molar-refractivity contribution in [2.45, 2.75) is 38.3 Å². The van der Waals surface area contributed by atoms with E-state index in [1.165, 1.54) is 12.1 Å². The average molecular weight is 317 g/mol. The molecule has 7 heteroatoms. The van der Waals surface area contributed by atoms with Crippen LogP contribution in [0.4, 0.5) is 4.39 Å². The van der Waals surface area contributed by atoms with Gasteiger partial charge in [0, 0.05) is 25.5 Å². The lowest BCUT2D eigenvalue weighted by molar-refractivity contribution is -0.139. The van der Waals surface area contributed by atoms with E-state index in [1.54, 1.807) is 17.9 Å². The van der Waals surface area contributed by atoms with Gasteiger partial charge in [-0.2, -0.15) is 4.98 Å². The first kappa shape index (κ1) is 14.2. The van der Waals surface area contributed by atoms with Gasteiger partial charge in [0.1, 0.15) is 11.6 Å². The summed E-state index contributed by atoms with van der Waals surface area (Å²) >= 11 is 0. The molecule has 1 aromatic heterocycles. The molecule has 0 N–H and O–H groups in total. The number of aromatic nitrogens is 2. The Bertz CT molecular complexity index is 761. The van der Waals surface area contributed by atoms with E-state index in [2.05, 4.69) is 10.1 Å². The van der Waals surface area contributed by atoms with Crippen molar-refractivity contribution in [2.75, 3.05) is 6.54 Å². The average Bonchev–Trinajstić information content (AvgIpc) is 3.23. The van der Waals surface area contributed by atoms with Gasteiger partial charge < -0.3 is 14.2 Å². The van der Waals surface area contributed by atoms with Crippen molar-refractivity contribution in [3.05, 3.63) is 41.3 Å². The second kappa shape index (κ2) is 5.33. The minimum Gasteiger partial charge on any atom is -0.480 e. The van der Waals surface area contributed by atoms with Crippen LogP contribution in [0.2, 0.25) is 0 Å². The maximum absolute atomic E-state index is 13.3. The summed E-state index contributed by atoms with van der Waals surface area (Å²) in [5, 5.41) is 3.94. The molecule has 2 atom stereocenters. The summed E-state index contributed by atoms with van der Waals surface area (Å²) in [7, 11) is 0. The topological polar surface area (TPSA) is 68.5 Å². The number of carbonyl (C=O) groups excluding carboxylic acids is 1. The van der Waals surface area contributed by atoms with Gasteiger partial charge in [0.2, 0.25) is 5.89 Å². The monoisotopic (exact) mass is 317 g/mol. The van der Waals surface area contributed by atoms with Crippen LogP contribution < -0.4 is 4.74 Å². The number of aryl methyl sites for hydroxylation is 1. The number of hydrogen-bond acceptors (Lipinski definition) is 5. The van der Waals surface area contributed by atoms with Gasteiger partial charge in [-0.3, -0.25) is 4.79 Å². The normalized spacial score (nSPS) is 23.0. The number of rotatable bonds is 2. The van der Waals surface area contributed by atoms with Gasteiger partial charge in [-0.25, -0.2) is 4.39 Å². The summed E-state index contributed by atoms with van der Waals surface area (Å²) in [6.45, 7) is 2.37. The molecule has 3 heterocycles. The minimum absolute atomic E-state index is 0.105. The molecule has 2 unspecified atom stereocenters. The van der Waals surface area contributed by atoms with E-state index < -0.39 is 6.10 Å². The van der Waals surface area contributed by atoms with Crippen molar-refractivity contribution in [2.24, 2.45) is 0 Å². The second-order valence-corrected chi connectivity index (χ2v) is 5.92. The highest BCUT2D eigenvalue weighted by Gasteiger charge is 2.39. The first-order valence-corrected chi connectivity index (χ1v) is 7.67.